The number of carbonyl (C=O) groups is 1. The molecule has 20 heavy (non-hydrogen) atoms. The van der Waals surface area contributed by atoms with Crippen molar-refractivity contribution in [3.05, 3.63) is 60.7 Å². The summed E-state index contributed by atoms with van der Waals surface area (Å²) in [6.07, 6.45) is 0.226. The number of ether oxygens (including phenoxy) is 1. The smallest absolute Gasteiger partial charge is 0.242 e. The fourth-order valence-corrected chi connectivity index (χ4v) is 2.27. The largest absolute Gasteiger partial charge is 0.488 e. The summed E-state index contributed by atoms with van der Waals surface area (Å²) in [7, 11) is 0. The Hall–Kier alpha value is -2.49. The van der Waals surface area contributed by atoms with Crippen LogP contribution in [-0.4, -0.2) is 18.6 Å². The van der Waals surface area contributed by atoms with Crippen molar-refractivity contribution >= 4 is 11.6 Å². The summed E-state index contributed by atoms with van der Waals surface area (Å²) < 4.78 is 5.87. The third-order valence-corrected chi connectivity index (χ3v) is 3.17. The molecule has 1 aliphatic rings. The highest BCUT2D eigenvalue weighted by molar-refractivity contribution is 5.79. The molecule has 0 saturated carbocycles. The summed E-state index contributed by atoms with van der Waals surface area (Å²) in [5, 5.41) is 1.83. The normalized spacial score (nSPS) is 18.5. The molecule has 3 rings (SSSR count). The Bertz CT molecular complexity index is 572. The highest BCUT2D eigenvalue weighted by atomic mass is 16.5. The molecule has 0 aliphatic carbocycles. The summed E-state index contributed by atoms with van der Waals surface area (Å²) in [6, 6.07) is 19.4. The maximum Gasteiger partial charge on any atom is 0.242 e. The zero-order valence-corrected chi connectivity index (χ0v) is 11.0. The Morgan fingerprint density at radius 1 is 1.00 bits per heavy atom. The molecule has 0 radical (unpaired) electrons. The van der Waals surface area contributed by atoms with Gasteiger partial charge in [-0.05, 0) is 24.3 Å². The number of anilines is 1. The SMILES string of the molecule is O=C1CC(Oc2ccccc2)CN(c2ccccc2)N1. The van der Waals surface area contributed by atoms with E-state index in [0.717, 1.165) is 11.4 Å². The van der Waals surface area contributed by atoms with Gasteiger partial charge in [0.25, 0.3) is 0 Å². The molecular formula is C16H16N2O2. The van der Waals surface area contributed by atoms with Crippen LogP contribution in [0, 0.1) is 0 Å². The number of hydrogen-bond acceptors (Lipinski definition) is 3. The minimum atomic E-state index is -0.147. The van der Waals surface area contributed by atoms with E-state index < -0.39 is 0 Å². The zero-order chi connectivity index (χ0) is 13.8. The quantitative estimate of drug-likeness (QED) is 0.929. The van der Waals surface area contributed by atoms with E-state index in [4.69, 9.17) is 4.74 Å². The fourth-order valence-electron chi connectivity index (χ4n) is 2.27. The number of hydrazine groups is 1. The number of nitrogens with zero attached hydrogens (tertiary/aromatic N) is 1. The van der Waals surface area contributed by atoms with E-state index in [2.05, 4.69) is 5.43 Å². The molecule has 102 valence electrons. The lowest BCUT2D eigenvalue weighted by atomic mass is 10.2. The van der Waals surface area contributed by atoms with Gasteiger partial charge in [-0.25, -0.2) is 0 Å². The van der Waals surface area contributed by atoms with Crippen molar-refractivity contribution in [3.8, 4) is 5.75 Å². The lowest BCUT2D eigenvalue weighted by Crippen LogP contribution is -2.54. The number of hydrogen-bond donors (Lipinski definition) is 1. The van der Waals surface area contributed by atoms with Gasteiger partial charge in [-0.3, -0.25) is 15.2 Å². The molecule has 0 aromatic heterocycles. The maximum atomic E-state index is 11.8. The third-order valence-electron chi connectivity index (χ3n) is 3.17. The van der Waals surface area contributed by atoms with E-state index in [9.17, 15) is 4.79 Å². The second kappa shape index (κ2) is 5.65. The lowest BCUT2D eigenvalue weighted by molar-refractivity contribution is -0.124. The van der Waals surface area contributed by atoms with Crippen LogP contribution in [0.3, 0.4) is 0 Å². The number of amides is 1. The number of rotatable bonds is 3. The Morgan fingerprint density at radius 2 is 1.65 bits per heavy atom. The van der Waals surface area contributed by atoms with Crippen molar-refractivity contribution in [2.75, 3.05) is 11.6 Å². The summed E-state index contributed by atoms with van der Waals surface area (Å²) in [6.45, 7) is 0.630. The van der Waals surface area contributed by atoms with Crippen molar-refractivity contribution in [1.29, 1.82) is 0 Å². The zero-order valence-electron chi connectivity index (χ0n) is 11.0. The molecule has 4 heteroatoms. The molecular weight excluding hydrogens is 252 g/mol. The average Bonchev–Trinajstić information content (AvgIpc) is 2.49. The average molecular weight is 268 g/mol. The van der Waals surface area contributed by atoms with E-state index >= 15 is 0 Å². The van der Waals surface area contributed by atoms with Gasteiger partial charge in [0.2, 0.25) is 5.91 Å². The van der Waals surface area contributed by atoms with Gasteiger partial charge < -0.3 is 4.74 Å². The van der Waals surface area contributed by atoms with Gasteiger partial charge >= 0.3 is 0 Å². The summed E-state index contributed by atoms with van der Waals surface area (Å²) >= 11 is 0. The summed E-state index contributed by atoms with van der Waals surface area (Å²) in [4.78, 5) is 11.8. The maximum absolute atomic E-state index is 11.8. The van der Waals surface area contributed by atoms with Crippen molar-refractivity contribution in [1.82, 2.24) is 5.43 Å². The van der Waals surface area contributed by atoms with Gasteiger partial charge in [0.15, 0.2) is 0 Å². The first-order valence-corrected chi connectivity index (χ1v) is 6.65. The van der Waals surface area contributed by atoms with Crippen molar-refractivity contribution in [2.24, 2.45) is 0 Å². The minimum Gasteiger partial charge on any atom is -0.488 e. The van der Waals surface area contributed by atoms with Crippen molar-refractivity contribution < 1.29 is 9.53 Å². The van der Waals surface area contributed by atoms with Crippen molar-refractivity contribution in [3.63, 3.8) is 0 Å². The Labute approximate surface area is 117 Å². The number of nitrogens with one attached hydrogen (secondary N) is 1. The first kappa shape index (κ1) is 12.5. The van der Waals surface area contributed by atoms with Crippen LogP contribution in [0.2, 0.25) is 0 Å². The van der Waals surface area contributed by atoms with Crippen LogP contribution in [0.5, 0.6) is 5.75 Å². The number of carbonyl (C=O) groups excluding carboxylic acids is 1. The lowest BCUT2D eigenvalue weighted by Gasteiger charge is -2.34. The van der Waals surface area contributed by atoms with Crippen LogP contribution in [0.1, 0.15) is 6.42 Å². The molecule has 2 aromatic carbocycles. The van der Waals surface area contributed by atoms with Gasteiger partial charge in [0.05, 0.1) is 18.7 Å². The molecule has 1 unspecified atom stereocenters. The van der Waals surface area contributed by atoms with E-state index in [1.807, 2.05) is 65.7 Å². The molecule has 1 saturated heterocycles. The molecule has 4 nitrogen and oxygen atoms in total. The molecule has 1 aliphatic heterocycles. The van der Waals surface area contributed by atoms with Crippen LogP contribution < -0.4 is 15.2 Å². The predicted octanol–water partition coefficient (Wildman–Crippen LogP) is 2.38. The highest BCUT2D eigenvalue weighted by Crippen LogP contribution is 2.19. The van der Waals surface area contributed by atoms with E-state index in [1.54, 1.807) is 0 Å². The van der Waals surface area contributed by atoms with E-state index in [-0.39, 0.29) is 12.0 Å². The van der Waals surface area contributed by atoms with Gasteiger partial charge in [-0.15, -0.1) is 0 Å². The summed E-state index contributed by atoms with van der Waals surface area (Å²) in [5.41, 5.74) is 3.82. The Balaban J connectivity index is 1.72. The predicted molar refractivity (Wildman–Crippen MR) is 77.4 cm³/mol. The van der Waals surface area contributed by atoms with Crippen molar-refractivity contribution in [2.45, 2.75) is 12.5 Å². The van der Waals surface area contributed by atoms with Gasteiger partial charge in [-0.2, -0.15) is 0 Å². The van der Waals surface area contributed by atoms with Crippen LogP contribution in [-0.2, 0) is 4.79 Å². The standard InChI is InChI=1S/C16H16N2O2/c19-16-11-15(20-14-9-5-2-6-10-14)12-18(17-16)13-7-3-1-4-8-13/h1-10,15H,11-12H2,(H,17,19). The molecule has 1 fully saturated rings. The van der Waals surface area contributed by atoms with Gasteiger partial charge in [0.1, 0.15) is 11.9 Å². The highest BCUT2D eigenvalue weighted by Gasteiger charge is 2.26. The first-order chi connectivity index (χ1) is 9.81. The molecule has 1 amide bonds. The molecule has 1 heterocycles. The van der Waals surface area contributed by atoms with Crippen LogP contribution >= 0.6 is 0 Å². The topological polar surface area (TPSA) is 41.6 Å². The molecule has 0 bridgehead atoms. The summed E-state index contributed by atoms with van der Waals surface area (Å²) in [5.74, 6) is 0.765. The minimum absolute atomic E-state index is 0.0268. The van der Waals surface area contributed by atoms with Crippen LogP contribution in [0.25, 0.3) is 0 Å². The second-order valence-electron chi connectivity index (χ2n) is 4.74. The fraction of sp³-hybridized carbons (Fsp3) is 0.188. The first-order valence-electron chi connectivity index (χ1n) is 6.65. The third kappa shape index (κ3) is 2.91. The number of benzene rings is 2. The Morgan fingerprint density at radius 3 is 2.35 bits per heavy atom. The van der Waals surface area contributed by atoms with Gasteiger partial charge in [0, 0.05) is 0 Å². The van der Waals surface area contributed by atoms with Gasteiger partial charge in [-0.1, -0.05) is 36.4 Å². The molecule has 1 N–H and O–H groups in total. The monoisotopic (exact) mass is 268 g/mol. The molecule has 1 atom stereocenters. The van der Waals surface area contributed by atoms with E-state index in [0.29, 0.717) is 13.0 Å². The molecule has 2 aromatic rings. The molecule has 0 spiro atoms. The second-order valence-corrected chi connectivity index (χ2v) is 4.74. The van der Waals surface area contributed by atoms with Crippen LogP contribution in [0.15, 0.2) is 60.7 Å². The van der Waals surface area contributed by atoms with Crippen LogP contribution in [0.4, 0.5) is 5.69 Å². The van der Waals surface area contributed by atoms with E-state index in [1.165, 1.54) is 0 Å². The Kier molecular flexibility index (Phi) is 3.54. The number of para-hydroxylation sites is 2.